The number of carbonyl (C=O) groups excluding carboxylic acids is 1. The molecule has 2 rings (SSSR count). The van der Waals surface area contributed by atoms with E-state index < -0.39 is 5.82 Å². The van der Waals surface area contributed by atoms with Gasteiger partial charge in [-0.15, -0.1) is 0 Å². The number of aromatic nitrogens is 1. The Hall–Kier alpha value is -1.75. The van der Waals surface area contributed by atoms with Gasteiger partial charge in [-0.3, -0.25) is 4.79 Å². The van der Waals surface area contributed by atoms with Gasteiger partial charge in [0.15, 0.2) is 0 Å². The lowest BCUT2D eigenvalue weighted by Crippen LogP contribution is -2.27. The summed E-state index contributed by atoms with van der Waals surface area (Å²) in [4.78, 5) is 15.4. The molecule has 0 aliphatic carbocycles. The van der Waals surface area contributed by atoms with Gasteiger partial charge < -0.3 is 10.6 Å². The van der Waals surface area contributed by atoms with Crippen molar-refractivity contribution in [2.24, 2.45) is 0 Å². The molecule has 0 saturated heterocycles. The SMILES string of the molecule is O=C(NCCC1=CCNCC1)c1ccc(F)cn1. The van der Waals surface area contributed by atoms with E-state index in [2.05, 4.69) is 21.7 Å². The molecule has 1 aromatic rings. The Morgan fingerprint density at radius 3 is 3.06 bits per heavy atom. The van der Waals surface area contributed by atoms with Crippen molar-refractivity contribution in [1.29, 1.82) is 0 Å². The average Bonchev–Trinajstić information content (AvgIpc) is 2.40. The molecule has 18 heavy (non-hydrogen) atoms. The van der Waals surface area contributed by atoms with Gasteiger partial charge in [0.05, 0.1) is 6.20 Å². The third kappa shape index (κ3) is 3.63. The highest BCUT2D eigenvalue weighted by Crippen LogP contribution is 2.08. The van der Waals surface area contributed by atoms with Crippen LogP contribution < -0.4 is 10.6 Å². The van der Waals surface area contributed by atoms with Gasteiger partial charge in [0.25, 0.3) is 5.91 Å². The standard InChI is InChI=1S/C13H16FN3O/c14-11-1-2-12(17-9-11)13(18)16-8-5-10-3-6-15-7-4-10/h1-3,9,15H,4-8H2,(H,16,18). The van der Waals surface area contributed by atoms with Crippen LogP contribution in [0.1, 0.15) is 23.3 Å². The molecule has 0 fully saturated rings. The predicted molar refractivity (Wildman–Crippen MR) is 66.7 cm³/mol. The van der Waals surface area contributed by atoms with Crippen LogP contribution in [0.4, 0.5) is 4.39 Å². The van der Waals surface area contributed by atoms with Crippen molar-refractivity contribution in [2.45, 2.75) is 12.8 Å². The zero-order valence-electron chi connectivity index (χ0n) is 10.1. The minimum Gasteiger partial charge on any atom is -0.350 e. The number of hydrogen-bond acceptors (Lipinski definition) is 3. The molecule has 1 aliphatic heterocycles. The summed E-state index contributed by atoms with van der Waals surface area (Å²) in [6, 6.07) is 2.62. The first-order valence-electron chi connectivity index (χ1n) is 6.04. The number of amides is 1. The molecule has 0 atom stereocenters. The number of rotatable bonds is 4. The van der Waals surface area contributed by atoms with Gasteiger partial charge >= 0.3 is 0 Å². The molecule has 4 nitrogen and oxygen atoms in total. The fraction of sp³-hybridized carbons (Fsp3) is 0.385. The van der Waals surface area contributed by atoms with E-state index in [9.17, 15) is 9.18 Å². The summed E-state index contributed by atoms with van der Waals surface area (Å²) in [5, 5.41) is 6.02. The Morgan fingerprint density at radius 2 is 2.39 bits per heavy atom. The van der Waals surface area contributed by atoms with Crippen LogP contribution in [0.3, 0.4) is 0 Å². The van der Waals surface area contributed by atoms with E-state index in [0.29, 0.717) is 6.54 Å². The number of carbonyl (C=O) groups is 1. The summed E-state index contributed by atoms with van der Waals surface area (Å²) in [6.45, 7) is 2.49. The average molecular weight is 249 g/mol. The lowest BCUT2D eigenvalue weighted by atomic mass is 10.1. The first-order chi connectivity index (χ1) is 8.75. The molecule has 2 heterocycles. The Kier molecular flexibility index (Phi) is 4.41. The zero-order valence-corrected chi connectivity index (χ0v) is 10.1. The second kappa shape index (κ2) is 6.26. The minimum absolute atomic E-state index is 0.246. The molecule has 0 bridgehead atoms. The fourth-order valence-electron chi connectivity index (χ4n) is 1.83. The van der Waals surface area contributed by atoms with Crippen molar-refractivity contribution < 1.29 is 9.18 Å². The molecule has 0 unspecified atom stereocenters. The van der Waals surface area contributed by atoms with Gasteiger partial charge in [-0.05, 0) is 31.5 Å². The van der Waals surface area contributed by atoms with Crippen LogP contribution in [-0.2, 0) is 0 Å². The van der Waals surface area contributed by atoms with Crippen LogP contribution in [0.2, 0.25) is 0 Å². The fourth-order valence-corrected chi connectivity index (χ4v) is 1.83. The summed E-state index contributed by atoms with van der Waals surface area (Å²) >= 11 is 0. The van der Waals surface area contributed by atoms with Gasteiger partial charge in [0.2, 0.25) is 0 Å². The normalized spacial score (nSPS) is 15.1. The number of nitrogens with zero attached hydrogens (tertiary/aromatic N) is 1. The lowest BCUT2D eigenvalue weighted by Gasteiger charge is -2.14. The lowest BCUT2D eigenvalue weighted by molar-refractivity contribution is 0.0949. The molecule has 96 valence electrons. The summed E-state index contributed by atoms with van der Waals surface area (Å²) in [5.74, 6) is -0.698. The second-order valence-electron chi connectivity index (χ2n) is 4.18. The first-order valence-corrected chi connectivity index (χ1v) is 6.04. The smallest absolute Gasteiger partial charge is 0.269 e. The Morgan fingerprint density at radius 1 is 1.50 bits per heavy atom. The van der Waals surface area contributed by atoms with Gasteiger partial charge in [-0.1, -0.05) is 11.6 Å². The predicted octanol–water partition coefficient (Wildman–Crippen LogP) is 1.26. The Labute approximate surface area is 105 Å². The van der Waals surface area contributed by atoms with E-state index in [-0.39, 0.29) is 11.6 Å². The van der Waals surface area contributed by atoms with Crippen molar-refractivity contribution in [3.8, 4) is 0 Å². The maximum Gasteiger partial charge on any atom is 0.269 e. The summed E-state index contributed by atoms with van der Waals surface area (Å²) < 4.78 is 12.6. The van der Waals surface area contributed by atoms with E-state index in [4.69, 9.17) is 0 Å². The molecule has 0 radical (unpaired) electrons. The van der Waals surface area contributed by atoms with Gasteiger partial charge in [-0.2, -0.15) is 0 Å². The first kappa shape index (κ1) is 12.7. The van der Waals surface area contributed by atoms with Crippen LogP contribution in [0.15, 0.2) is 30.0 Å². The topological polar surface area (TPSA) is 54.0 Å². The van der Waals surface area contributed by atoms with Gasteiger partial charge in [0.1, 0.15) is 11.5 Å². The van der Waals surface area contributed by atoms with Crippen LogP contribution in [0.5, 0.6) is 0 Å². The van der Waals surface area contributed by atoms with E-state index in [1.54, 1.807) is 0 Å². The maximum atomic E-state index is 12.6. The molecule has 1 aromatic heterocycles. The Balaban J connectivity index is 1.78. The second-order valence-corrected chi connectivity index (χ2v) is 4.18. The van der Waals surface area contributed by atoms with Gasteiger partial charge in [0, 0.05) is 13.1 Å². The molecule has 0 aromatic carbocycles. The highest BCUT2D eigenvalue weighted by molar-refractivity contribution is 5.92. The maximum absolute atomic E-state index is 12.6. The Bertz CT molecular complexity index is 442. The molecule has 2 N–H and O–H groups in total. The minimum atomic E-state index is -0.439. The number of pyridine rings is 1. The molecule has 0 saturated carbocycles. The molecule has 1 aliphatic rings. The van der Waals surface area contributed by atoms with Crippen molar-refractivity contribution in [1.82, 2.24) is 15.6 Å². The van der Waals surface area contributed by atoms with Crippen molar-refractivity contribution in [3.05, 3.63) is 41.5 Å². The quantitative estimate of drug-likeness (QED) is 0.790. The highest BCUT2D eigenvalue weighted by Gasteiger charge is 2.07. The van der Waals surface area contributed by atoms with E-state index in [1.165, 1.54) is 17.7 Å². The van der Waals surface area contributed by atoms with Crippen molar-refractivity contribution >= 4 is 5.91 Å². The summed E-state index contributed by atoms with van der Waals surface area (Å²) in [7, 11) is 0. The van der Waals surface area contributed by atoms with E-state index >= 15 is 0 Å². The van der Waals surface area contributed by atoms with Crippen molar-refractivity contribution in [2.75, 3.05) is 19.6 Å². The third-order valence-electron chi connectivity index (χ3n) is 2.85. The number of nitrogens with one attached hydrogen (secondary N) is 2. The summed E-state index contributed by atoms with van der Waals surface area (Å²) in [5.41, 5.74) is 1.61. The number of hydrogen-bond donors (Lipinski definition) is 2. The van der Waals surface area contributed by atoms with E-state index in [1.807, 2.05) is 0 Å². The number of halogens is 1. The van der Waals surface area contributed by atoms with Gasteiger partial charge in [-0.25, -0.2) is 9.37 Å². The molecule has 0 spiro atoms. The largest absolute Gasteiger partial charge is 0.350 e. The monoisotopic (exact) mass is 249 g/mol. The van der Waals surface area contributed by atoms with Crippen molar-refractivity contribution in [3.63, 3.8) is 0 Å². The molecule has 5 heteroatoms. The van der Waals surface area contributed by atoms with Crippen LogP contribution in [0.25, 0.3) is 0 Å². The van der Waals surface area contributed by atoms with Crippen LogP contribution in [0, 0.1) is 5.82 Å². The molecular formula is C13H16FN3O. The van der Waals surface area contributed by atoms with Crippen LogP contribution in [-0.4, -0.2) is 30.5 Å². The third-order valence-corrected chi connectivity index (χ3v) is 2.85. The highest BCUT2D eigenvalue weighted by atomic mass is 19.1. The van der Waals surface area contributed by atoms with E-state index in [0.717, 1.165) is 32.1 Å². The molecular weight excluding hydrogens is 233 g/mol. The molecule has 1 amide bonds. The zero-order chi connectivity index (χ0) is 12.8. The summed E-state index contributed by atoms with van der Waals surface area (Å²) in [6.07, 6.45) is 5.09. The van der Waals surface area contributed by atoms with Crippen LogP contribution >= 0.6 is 0 Å².